The quantitative estimate of drug-likeness (QED) is 0.0833. The molecule has 0 saturated carbocycles. The normalized spacial score (nSPS) is 17.4. The van der Waals surface area contributed by atoms with Crippen LogP contribution in [0.1, 0.15) is 40.5 Å². The molecule has 0 heterocycles. The van der Waals surface area contributed by atoms with E-state index in [1.807, 2.05) is 12.2 Å². The third-order valence-electron chi connectivity index (χ3n) is 9.10. The Bertz CT molecular complexity index is 1820. The number of allylic oxidation sites excluding steroid dienone is 8. The fourth-order valence-electron chi connectivity index (χ4n) is 4.47. The smallest absolute Gasteiger partial charge is 1.00 e. The minimum absolute atomic E-state index is 0. The van der Waals surface area contributed by atoms with E-state index in [1.54, 1.807) is 0 Å². The summed E-state index contributed by atoms with van der Waals surface area (Å²) >= 11 is 0. The first kappa shape index (κ1) is 71.7. The van der Waals surface area contributed by atoms with Crippen LogP contribution in [-0.4, -0.2) is 114 Å². The molecular formula is C30H16Cl2F34Si2Zr-2. The summed E-state index contributed by atoms with van der Waals surface area (Å²) in [6, 6.07) is 0. The molecule has 0 spiro atoms. The van der Waals surface area contributed by atoms with Crippen LogP contribution in [-0.2, 0) is 26.2 Å². The molecule has 0 bridgehead atoms. The number of rotatable bonds is 16. The predicted molar refractivity (Wildman–Crippen MR) is 152 cm³/mol. The van der Waals surface area contributed by atoms with Crippen molar-refractivity contribution >= 4 is 19.0 Å². The van der Waals surface area contributed by atoms with Crippen LogP contribution >= 0.6 is 0 Å². The van der Waals surface area contributed by atoms with E-state index in [0.29, 0.717) is 0 Å². The van der Waals surface area contributed by atoms with Crippen LogP contribution in [0.5, 0.6) is 0 Å². The maximum absolute atomic E-state index is 13.9. The summed E-state index contributed by atoms with van der Waals surface area (Å²) in [6.45, 7) is 4.41. The summed E-state index contributed by atoms with van der Waals surface area (Å²) in [4.78, 5) is 0. The zero-order chi connectivity index (χ0) is 53.7. The Morgan fingerprint density at radius 1 is 0.290 bits per heavy atom. The molecule has 39 heteroatoms. The molecule has 0 aromatic heterocycles. The van der Waals surface area contributed by atoms with Crippen LogP contribution < -0.4 is 24.8 Å². The van der Waals surface area contributed by atoms with Gasteiger partial charge in [0.1, 0.15) is 19.0 Å². The molecular weight excluding hydrogens is 1220 g/mol. The number of hydrogen-bond donors (Lipinski definition) is 0. The van der Waals surface area contributed by atoms with Gasteiger partial charge >= 0.3 is 110 Å². The second kappa shape index (κ2) is 20.3. The van der Waals surface area contributed by atoms with Gasteiger partial charge in [-0.15, -0.1) is 26.7 Å². The zero-order valence-electron chi connectivity index (χ0n) is 32.5. The third-order valence-corrected chi connectivity index (χ3v) is 12.0. The molecule has 2 aliphatic rings. The molecule has 0 N–H and O–H groups in total. The SMILES string of the molecule is CC1=C(C)C([Si]C(F)(F)C(F)(F)C(F)(F)C(F)(F)C(F)(F)C(F)(F)C(F)(F)C(F)(F)F)=[C-]C1.CC1=C(C)C([Si]C(F)(F)C(F)(F)C(F)(F)C(F)(F)C(F)(F)C(F)(F)C(F)(F)C(F)(F)F)=[C-]C1.[Cl-].[Cl-].[Zr+2]. The van der Waals surface area contributed by atoms with E-state index in [-0.39, 0.29) is 86.2 Å². The molecule has 0 amide bonds. The van der Waals surface area contributed by atoms with Crippen molar-refractivity contribution in [1.82, 2.24) is 0 Å². The first-order chi connectivity index (χ1) is 28.3. The molecule has 2 rings (SSSR count). The molecule has 2 aliphatic carbocycles. The van der Waals surface area contributed by atoms with Gasteiger partial charge in [0.05, 0.1) is 0 Å². The Hall–Kier alpha value is -1.52. The van der Waals surface area contributed by atoms with Crippen LogP contribution in [0.4, 0.5) is 149 Å². The molecule has 0 aromatic rings. The van der Waals surface area contributed by atoms with E-state index in [2.05, 4.69) is 0 Å². The molecule has 69 heavy (non-hydrogen) atoms. The van der Waals surface area contributed by atoms with E-state index >= 15 is 0 Å². The van der Waals surface area contributed by atoms with E-state index in [4.69, 9.17) is 0 Å². The first-order valence-electron chi connectivity index (χ1n) is 15.8. The maximum Gasteiger partial charge on any atom is 2.00 e. The van der Waals surface area contributed by atoms with Crippen LogP contribution in [0.25, 0.3) is 0 Å². The Kier molecular flexibility index (Phi) is 21.1. The third kappa shape index (κ3) is 10.7. The average molecular weight is 1240 g/mol. The Balaban J connectivity index is -0.00000121. The topological polar surface area (TPSA) is 0 Å². The minimum Gasteiger partial charge on any atom is -1.00 e. The van der Waals surface area contributed by atoms with Gasteiger partial charge in [0.25, 0.3) is 11.1 Å². The van der Waals surface area contributed by atoms with Crippen molar-refractivity contribution in [2.45, 2.75) is 135 Å². The van der Waals surface area contributed by atoms with Crippen molar-refractivity contribution in [2.24, 2.45) is 0 Å². The molecule has 0 aromatic carbocycles. The molecule has 4 radical (unpaired) electrons. The Labute approximate surface area is 398 Å². The maximum atomic E-state index is 13.9. The summed E-state index contributed by atoms with van der Waals surface area (Å²) in [7, 11) is -5.75. The van der Waals surface area contributed by atoms with Crippen molar-refractivity contribution in [3.63, 3.8) is 0 Å². The summed E-state index contributed by atoms with van der Waals surface area (Å²) in [5.74, 6) is -99.3. The predicted octanol–water partition coefficient (Wildman–Crippen LogP) is 8.17. The fraction of sp³-hybridized carbons (Fsp3) is 0.733. The molecule has 402 valence electrons. The largest absolute Gasteiger partial charge is 2.00 e. The van der Waals surface area contributed by atoms with Crippen LogP contribution in [0, 0.1) is 12.2 Å². The summed E-state index contributed by atoms with van der Waals surface area (Å²) < 4.78 is 448. The van der Waals surface area contributed by atoms with Crippen molar-refractivity contribution < 1.29 is 200 Å². The van der Waals surface area contributed by atoms with Crippen molar-refractivity contribution in [3.05, 3.63) is 44.8 Å². The van der Waals surface area contributed by atoms with Crippen molar-refractivity contribution in [2.75, 3.05) is 0 Å². The molecule has 0 saturated heterocycles. The number of hydrogen-bond acceptors (Lipinski definition) is 0. The average Bonchev–Trinajstić information content (AvgIpc) is 3.59. The molecule has 0 atom stereocenters. The van der Waals surface area contributed by atoms with Crippen LogP contribution in [0.15, 0.2) is 32.7 Å². The van der Waals surface area contributed by atoms with Gasteiger partial charge in [0.15, 0.2) is 0 Å². The molecule has 0 fully saturated rings. The van der Waals surface area contributed by atoms with Gasteiger partial charge in [-0.3, -0.25) is 12.2 Å². The summed E-state index contributed by atoms with van der Waals surface area (Å²) in [6.07, 6.45) is -12.2. The van der Waals surface area contributed by atoms with Gasteiger partial charge in [-0.1, -0.05) is 13.8 Å². The van der Waals surface area contributed by atoms with Gasteiger partial charge in [-0.05, 0) is 0 Å². The second-order valence-corrected chi connectivity index (χ2v) is 16.3. The number of halogens is 36. The van der Waals surface area contributed by atoms with E-state index in [0.717, 1.165) is 13.8 Å². The minimum atomic E-state index is -8.60. The zero-order valence-corrected chi connectivity index (χ0v) is 38.5. The Morgan fingerprint density at radius 2 is 0.449 bits per heavy atom. The van der Waals surface area contributed by atoms with Gasteiger partial charge in [-0.2, -0.15) is 143 Å². The molecule has 0 unspecified atom stereocenters. The van der Waals surface area contributed by atoms with Crippen LogP contribution in [0.2, 0.25) is 0 Å². The van der Waals surface area contributed by atoms with Crippen molar-refractivity contribution in [1.29, 1.82) is 0 Å². The monoisotopic (exact) mass is 1240 g/mol. The summed E-state index contributed by atoms with van der Waals surface area (Å²) in [5, 5.41) is -1.87. The molecule has 0 nitrogen and oxygen atoms in total. The van der Waals surface area contributed by atoms with Gasteiger partial charge in [0, 0.05) is 0 Å². The van der Waals surface area contributed by atoms with Crippen LogP contribution in [0.3, 0.4) is 0 Å². The Morgan fingerprint density at radius 3 is 0.594 bits per heavy atom. The standard InChI is InChI=1S/2C15H8F17Si.2ClH.Zr/c2*1-5-3-4-7(6(5)2)33-15(31,32)13(26,27)11(22,23)9(18,19)8(16,17)10(20,21)12(24,25)14(28,29)30;;;/h2*3H2,1-2H3;2*1H;/q2*-1;;;+2/p-2. The van der Waals surface area contributed by atoms with Crippen molar-refractivity contribution in [3.8, 4) is 0 Å². The van der Waals surface area contributed by atoms with Gasteiger partial charge in [0.2, 0.25) is 0 Å². The van der Waals surface area contributed by atoms with Gasteiger partial charge < -0.3 is 24.8 Å². The fourth-order valence-corrected chi connectivity index (χ4v) is 6.88. The number of alkyl halides is 34. The van der Waals surface area contributed by atoms with E-state index in [1.165, 1.54) is 13.8 Å². The first-order valence-corrected chi connectivity index (χ1v) is 17.8. The second-order valence-electron chi connectivity index (χ2n) is 13.6. The van der Waals surface area contributed by atoms with E-state index < -0.39 is 124 Å². The van der Waals surface area contributed by atoms with E-state index in [9.17, 15) is 149 Å². The van der Waals surface area contributed by atoms with Gasteiger partial charge in [-0.25, -0.2) is 39.1 Å². The summed E-state index contributed by atoms with van der Waals surface area (Å²) in [5.41, 5.74) is -12.9. The molecule has 0 aliphatic heterocycles.